The summed E-state index contributed by atoms with van der Waals surface area (Å²) in [6.45, 7) is 1.95. The molecule has 1 unspecified atom stereocenters. The highest BCUT2D eigenvalue weighted by atomic mass is 19.4. The quantitative estimate of drug-likeness (QED) is 0.841. The fourth-order valence-corrected chi connectivity index (χ4v) is 1.61. The van der Waals surface area contributed by atoms with Crippen LogP contribution in [0.5, 0.6) is 0 Å². The molecule has 1 N–H and O–H groups in total. The second-order valence-corrected chi connectivity index (χ2v) is 4.02. The lowest BCUT2D eigenvalue weighted by atomic mass is 10.1. The van der Waals surface area contributed by atoms with Crippen molar-refractivity contribution in [3.05, 3.63) is 29.3 Å². The maximum atomic E-state index is 12.5. The van der Waals surface area contributed by atoms with Crippen LogP contribution in [0.2, 0.25) is 0 Å². The largest absolute Gasteiger partial charge is 0.416 e. The Labute approximate surface area is 110 Å². The molecule has 0 spiro atoms. The lowest BCUT2D eigenvalue weighted by molar-refractivity contribution is -0.137. The molecule has 100 valence electrons. The van der Waals surface area contributed by atoms with Gasteiger partial charge < -0.3 is 5.32 Å². The van der Waals surface area contributed by atoms with E-state index in [9.17, 15) is 13.2 Å². The third-order valence-corrected chi connectivity index (χ3v) is 2.58. The molecule has 19 heavy (non-hydrogen) atoms. The molecular weight excluding hydrogens is 253 g/mol. The molecule has 5 heteroatoms. The summed E-state index contributed by atoms with van der Waals surface area (Å²) in [4.78, 5) is 0. The normalized spacial score (nSPS) is 12.3. The molecule has 1 aromatic rings. The van der Waals surface area contributed by atoms with Crippen molar-refractivity contribution >= 4 is 5.69 Å². The number of anilines is 1. The van der Waals surface area contributed by atoms with Crippen LogP contribution in [0.1, 0.15) is 30.9 Å². The molecule has 0 aliphatic rings. The first-order chi connectivity index (χ1) is 8.92. The lowest BCUT2D eigenvalue weighted by Gasteiger charge is -2.16. The van der Waals surface area contributed by atoms with E-state index in [0.29, 0.717) is 12.1 Å². The number of halogens is 3. The summed E-state index contributed by atoms with van der Waals surface area (Å²) in [6, 6.07) is 4.44. The highest BCUT2D eigenvalue weighted by Gasteiger charge is 2.31. The van der Waals surface area contributed by atoms with Crippen molar-refractivity contribution in [3.8, 4) is 18.4 Å². The molecule has 0 amide bonds. The zero-order valence-corrected chi connectivity index (χ0v) is 10.4. The average molecular weight is 266 g/mol. The molecule has 0 saturated carbocycles. The van der Waals surface area contributed by atoms with Crippen LogP contribution in [-0.4, -0.2) is 6.04 Å². The molecule has 1 aromatic carbocycles. The van der Waals surface area contributed by atoms with E-state index < -0.39 is 11.7 Å². The molecule has 2 nitrogen and oxygen atoms in total. The molecule has 0 aliphatic carbocycles. The van der Waals surface area contributed by atoms with Crippen LogP contribution in [0.3, 0.4) is 0 Å². The zero-order valence-electron chi connectivity index (χ0n) is 10.4. The van der Waals surface area contributed by atoms with Crippen molar-refractivity contribution in [1.82, 2.24) is 0 Å². The first-order valence-electron chi connectivity index (χ1n) is 5.76. The number of nitrogens with zero attached hydrogens (tertiary/aromatic N) is 1. The van der Waals surface area contributed by atoms with Crippen LogP contribution >= 0.6 is 0 Å². The standard InChI is InChI=1S/C14H13F3N2/c1-3-5-12(4-2)19-13-7-6-11(14(15,16)17)8-10(13)9-18/h2,6-8,12,19H,3,5H2,1H3. The van der Waals surface area contributed by atoms with E-state index in [2.05, 4.69) is 11.2 Å². The Hall–Kier alpha value is -2.14. The fourth-order valence-electron chi connectivity index (χ4n) is 1.61. The van der Waals surface area contributed by atoms with Crippen molar-refractivity contribution in [1.29, 1.82) is 5.26 Å². The molecule has 0 saturated heterocycles. The number of nitriles is 1. The number of terminal acetylenes is 1. The predicted molar refractivity (Wildman–Crippen MR) is 67.3 cm³/mol. The molecule has 0 aromatic heterocycles. The zero-order chi connectivity index (χ0) is 14.5. The minimum atomic E-state index is -4.46. The van der Waals surface area contributed by atoms with Gasteiger partial charge in [-0.2, -0.15) is 18.4 Å². The highest BCUT2D eigenvalue weighted by molar-refractivity contribution is 5.60. The average Bonchev–Trinajstić information content (AvgIpc) is 2.37. The molecule has 1 rings (SSSR count). The van der Waals surface area contributed by atoms with Gasteiger partial charge in [0.25, 0.3) is 0 Å². The number of benzene rings is 1. The Bertz CT molecular complexity index is 521. The van der Waals surface area contributed by atoms with Crippen molar-refractivity contribution in [2.24, 2.45) is 0 Å². The Balaban J connectivity index is 3.04. The molecule has 0 radical (unpaired) electrons. The van der Waals surface area contributed by atoms with Gasteiger partial charge in [-0.25, -0.2) is 0 Å². The predicted octanol–water partition coefficient (Wildman–Crippen LogP) is 3.79. The summed E-state index contributed by atoms with van der Waals surface area (Å²) in [6.07, 6.45) is 2.38. The van der Waals surface area contributed by atoms with Gasteiger partial charge in [0.2, 0.25) is 0 Å². The second kappa shape index (κ2) is 6.15. The third kappa shape index (κ3) is 3.93. The Morgan fingerprint density at radius 1 is 1.42 bits per heavy atom. The topological polar surface area (TPSA) is 35.8 Å². The van der Waals surface area contributed by atoms with Gasteiger partial charge in [-0.05, 0) is 24.6 Å². The van der Waals surface area contributed by atoms with E-state index in [1.165, 1.54) is 6.07 Å². The summed E-state index contributed by atoms with van der Waals surface area (Å²) in [5.74, 6) is 2.50. The Morgan fingerprint density at radius 3 is 2.58 bits per heavy atom. The smallest absolute Gasteiger partial charge is 0.370 e. The maximum Gasteiger partial charge on any atom is 0.416 e. The lowest BCUT2D eigenvalue weighted by Crippen LogP contribution is -2.18. The second-order valence-electron chi connectivity index (χ2n) is 4.02. The van der Waals surface area contributed by atoms with Crippen LogP contribution in [0.4, 0.5) is 18.9 Å². The number of alkyl halides is 3. The van der Waals surface area contributed by atoms with Gasteiger partial charge in [0.15, 0.2) is 0 Å². The molecule has 0 aliphatic heterocycles. The SMILES string of the molecule is C#CC(CCC)Nc1ccc(C(F)(F)F)cc1C#N. The number of nitrogens with one attached hydrogen (secondary N) is 1. The summed E-state index contributed by atoms with van der Waals surface area (Å²) in [5, 5.41) is 11.8. The minimum Gasteiger partial charge on any atom is -0.370 e. The van der Waals surface area contributed by atoms with E-state index >= 15 is 0 Å². The fraction of sp³-hybridized carbons (Fsp3) is 0.357. The van der Waals surface area contributed by atoms with Crippen molar-refractivity contribution < 1.29 is 13.2 Å². The van der Waals surface area contributed by atoms with Crippen LogP contribution < -0.4 is 5.32 Å². The van der Waals surface area contributed by atoms with Gasteiger partial charge in [-0.3, -0.25) is 0 Å². The van der Waals surface area contributed by atoms with Gasteiger partial charge in [-0.1, -0.05) is 19.3 Å². The monoisotopic (exact) mass is 266 g/mol. The summed E-state index contributed by atoms with van der Waals surface area (Å²) in [7, 11) is 0. The van der Waals surface area contributed by atoms with Crippen LogP contribution in [0.25, 0.3) is 0 Å². The minimum absolute atomic E-state index is 0.0637. The van der Waals surface area contributed by atoms with Gasteiger partial charge >= 0.3 is 6.18 Å². The first-order valence-corrected chi connectivity index (χ1v) is 5.76. The Kier molecular flexibility index (Phi) is 4.83. The third-order valence-electron chi connectivity index (χ3n) is 2.58. The van der Waals surface area contributed by atoms with Gasteiger partial charge in [0.05, 0.1) is 22.9 Å². The highest BCUT2D eigenvalue weighted by Crippen LogP contribution is 2.31. The van der Waals surface area contributed by atoms with E-state index in [-0.39, 0.29) is 11.6 Å². The van der Waals surface area contributed by atoms with Gasteiger partial charge in [-0.15, -0.1) is 6.42 Å². The van der Waals surface area contributed by atoms with E-state index in [1.54, 1.807) is 6.07 Å². The molecule has 0 heterocycles. The molecule has 0 bridgehead atoms. The van der Waals surface area contributed by atoms with E-state index in [0.717, 1.165) is 18.6 Å². The molecule has 1 atom stereocenters. The Morgan fingerprint density at radius 2 is 2.11 bits per heavy atom. The van der Waals surface area contributed by atoms with E-state index in [1.807, 2.05) is 6.92 Å². The summed E-state index contributed by atoms with van der Waals surface area (Å²) < 4.78 is 37.6. The van der Waals surface area contributed by atoms with Gasteiger partial charge in [0.1, 0.15) is 6.07 Å². The van der Waals surface area contributed by atoms with E-state index in [4.69, 9.17) is 11.7 Å². The van der Waals surface area contributed by atoms with Crippen molar-refractivity contribution in [2.45, 2.75) is 32.0 Å². The summed E-state index contributed by atoms with van der Waals surface area (Å²) in [5.41, 5.74) is -0.583. The van der Waals surface area contributed by atoms with Gasteiger partial charge in [0, 0.05) is 0 Å². The number of rotatable bonds is 4. The number of hydrogen-bond donors (Lipinski definition) is 1. The van der Waals surface area contributed by atoms with Crippen molar-refractivity contribution in [2.75, 3.05) is 5.32 Å². The summed E-state index contributed by atoms with van der Waals surface area (Å²) >= 11 is 0. The van der Waals surface area contributed by atoms with Crippen LogP contribution in [0, 0.1) is 23.7 Å². The molecular formula is C14H13F3N2. The number of hydrogen-bond acceptors (Lipinski definition) is 2. The maximum absolute atomic E-state index is 12.5. The van der Waals surface area contributed by atoms with Crippen LogP contribution in [-0.2, 0) is 6.18 Å². The first kappa shape index (κ1) is 14.9. The van der Waals surface area contributed by atoms with Crippen LogP contribution in [0.15, 0.2) is 18.2 Å². The van der Waals surface area contributed by atoms with Crippen molar-refractivity contribution in [3.63, 3.8) is 0 Å². The molecule has 0 fully saturated rings.